The third kappa shape index (κ3) is 59.0. The van der Waals surface area contributed by atoms with Gasteiger partial charge in [0.05, 0.1) is 26.4 Å². The fraction of sp³-hybridized carbons (Fsp3) is 0.938. The number of aliphatic hydroxyl groups excluding tert-OH is 1. The molecular weight excluding hydrogens is 1110 g/mol. The number of esters is 4. The van der Waals surface area contributed by atoms with Crippen LogP contribution in [0, 0.1) is 5.92 Å². The highest BCUT2D eigenvalue weighted by Crippen LogP contribution is 2.45. The topological polar surface area (TPSA) is 237 Å². The van der Waals surface area contributed by atoms with Crippen LogP contribution >= 0.6 is 15.6 Å². The zero-order valence-electron chi connectivity index (χ0n) is 54.0. The Hall–Kier alpha value is -1.94. The van der Waals surface area contributed by atoms with Gasteiger partial charge in [-0.2, -0.15) is 0 Å². The Balaban J connectivity index is 5.18. The first-order valence-corrected chi connectivity index (χ1v) is 37.1. The summed E-state index contributed by atoms with van der Waals surface area (Å²) in [7, 11) is -9.88. The van der Waals surface area contributed by atoms with E-state index in [4.69, 9.17) is 37.0 Å². The largest absolute Gasteiger partial charge is 0.472 e. The second-order valence-electron chi connectivity index (χ2n) is 24.0. The van der Waals surface area contributed by atoms with Crippen LogP contribution in [0.15, 0.2) is 0 Å². The molecule has 0 aromatic carbocycles. The van der Waals surface area contributed by atoms with Crippen LogP contribution in [-0.2, 0) is 65.4 Å². The molecule has 19 heteroatoms. The molecule has 0 rings (SSSR count). The average molecular weight is 1240 g/mol. The molecule has 0 saturated carbocycles. The predicted molar refractivity (Wildman–Crippen MR) is 335 cm³/mol. The first-order chi connectivity index (χ1) is 40.5. The molecule has 5 atom stereocenters. The molecule has 0 aliphatic heterocycles. The van der Waals surface area contributed by atoms with Gasteiger partial charge < -0.3 is 33.8 Å². The van der Waals surface area contributed by atoms with Gasteiger partial charge in [0, 0.05) is 25.7 Å². The summed E-state index contributed by atoms with van der Waals surface area (Å²) >= 11 is 0. The summed E-state index contributed by atoms with van der Waals surface area (Å²) in [6, 6.07) is 0. The molecule has 498 valence electrons. The lowest BCUT2D eigenvalue weighted by molar-refractivity contribution is -0.161. The lowest BCUT2D eigenvalue weighted by Crippen LogP contribution is -2.30. The lowest BCUT2D eigenvalue weighted by Gasteiger charge is -2.21. The third-order valence-corrected chi connectivity index (χ3v) is 16.9. The van der Waals surface area contributed by atoms with Gasteiger partial charge in [0.1, 0.15) is 19.3 Å². The van der Waals surface area contributed by atoms with Gasteiger partial charge in [-0.05, 0) is 31.6 Å². The van der Waals surface area contributed by atoms with E-state index < -0.39 is 97.5 Å². The number of phosphoric ester groups is 2. The van der Waals surface area contributed by atoms with Crippen molar-refractivity contribution in [3.8, 4) is 0 Å². The van der Waals surface area contributed by atoms with E-state index in [1.807, 2.05) is 0 Å². The molecule has 0 aliphatic rings. The van der Waals surface area contributed by atoms with Crippen molar-refractivity contribution in [3.63, 3.8) is 0 Å². The minimum atomic E-state index is -4.94. The van der Waals surface area contributed by atoms with Crippen molar-refractivity contribution in [2.45, 2.75) is 348 Å². The number of hydrogen-bond acceptors (Lipinski definition) is 15. The van der Waals surface area contributed by atoms with Crippen molar-refractivity contribution in [2.75, 3.05) is 39.6 Å². The standard InChI is InChI=1S/C65H126O17P2/c1-6-9-12-15-18-21-23-24-25-26-27-28-29-31-34-40-45-50-64(69)81-60(54-76-63(68)49-44-39-33-30-22-19-16-13-10-7-2)56-79-83(71,72)77-52-59(66)53-78-84(73,74)80-57-61(55-75-62(67)48-43-38-32-20-17-14-11-8-3)82-65(70)51-46-41-36-35-37-42-47-58(4)5/h58-61,66H,6-57H2,1-5H3,(H,71,72)(H,73,74)/t59-,60-,61-/m1/s1. The Labute approximate surface area is 511 Å². The summed E-state index contributed by atoms with van der Waals surface area (Å²) in [6.45, 7) is 7.08. The van der Waals surface area contributed by atoms with E-state index in [9.17, 15) is 43.2 Å². The Morgan fingerprint density at radius 3 is 0.810 bits per heavy atom. The molecule has 0 heterocycles. The Kier molecular flexibility index (Phi) is 57.4. The van der Waals surface area contributed by atoms with E-state index in [1.54, 1.807) is 0 Å². The van der Waals surface area contributed by atoms with Crippen LogP contribution in [0.4, 0.5) is 0 Å². The summed E-state index contributed by atoms with van der Waals surface area (Å²) in [5.41, 5.74) is 0. The van der Waals surface area contributed by atoms with Crippen molar-refractivity contribution < 1.29 is 80.2 Å². The van der Waals surface area contributed by atoms with Gasteiger partial charge in [0.2, 0.25) is 0 Å². The van der Waals surface area contributed by atoms with Crippen LogP contribution in [0.2, 0.25) is 0 Å². The lowest BCUT2D eigenvalue weighted by atomic mass is 10.0. The molecule has 0 amide bonds. The van der Waals surface area contributed by atoms with Crippen LogP contribution in [0.1, 0.15) is 330 Å². The molecule has 0 aromatic heterocycles. The third-order valence-electron chi connectivity index (χ3n) is 15.0. The maximum atomic E-state index is 13.0. The molecule has 0 saturated heterocycles. The van der Waals surface area contributed by atoms with Gasteiger partial charge in [0.25, 0.3) is 0 Å². The Bertz CT molecular complexity index is 1640. The van der Waals surface area contributed by atoms with Crippen LogP contribution in [0.25, 0.3) is 0 Å². The summed E-state index contributed by atoms with van der Waals surface area (Å²) in [5, 5.41) is 10.5. The van der Waals surface area contributed by atoms with Crippen molar-refractivity contribution in [2.24, 2.45) is 5.92 Å². The van der Waals surface area contributed by atoms with Gasteiger partial charge >= 0.3 is 39.5 Å². The monoisotopic (exact) mass is 1240 g/mol. The summed E-state index contributed by atoms with van der Waals surface area (Å²) in [4.78, 5) is 72.1. The molecule has 0 radical (unpaired) electrons. The number of phosphoric acid groups is 2. The average Bonchev–Trinajstić information content (AvgIpc) is 3.60. The molecule has 3 N–H and O–H groups in total. The molecule has 17 nitrogen and oxygen atoms in total. The van der Waals surface area contributed by atoms with E-state index in [2.05, 4.69) is 34.6 Å². The number of carbonyl (C=O) groups is 4. The molecule has 2 unspecified atom stereocenters. The van der Waals surface area contributed by atoms with Crippen molar-refractivity contribution >= 4 is 39.5 Å². The van der Waals surface area contributed by atoms with Crippen LogP contribution in [0.5, 0.6) is 0 Å². The molecule has 0 fully saturated rings. The first-order valence-electron chi connectivity index (χ1n) is 34.1. The van der Waals surface area contributed by atoms with E-state index in [0.29, 0.717) is 31.6 Å². The minimum Gasteiger partial charge on any atom is -0.462 e. The number of unbranched alkanes of at least 4 members (excludes halogenated alkanes) is 37. The first kappa shape index (κ1) is 82.1. The number of ether oxygens (including phenoxy) is 4. The van der Waals surface area contributed by atoms with Crippen LogP contribution in [0.3, 0.4) is 0 Å². The van der Waals surface area contributed by atoms with Crippen LogP contribution in [-0.4, -0.2) is 96.7 Å². The number of aliphatic hydroxyl groups is 1. The van der Waals surface area contributed by atoms with E-state index >= 15 is 0 Å². The van der Waals surface area contributed by atoms with E-state index in [0.717, 1.165) is 96.3 Å². The van der Waals surface area contributed by atoms with E-state index in [-0.39, 0.29) is 25.7 Å². The van der Waals surface area contributed by atoms with Gasteiger partial charge in [-0.1, -0.05) is 279 Å². The molecule has 0 bridgehead atoms. The molecular formula is C65H126O17P2. The SMILES string of the molecule is CCCCCCCCCCCCCCCCCCCC(=O)O[C@H](COC(=O)CCCCCCCCCCCC)COP(=O)(O)OC[C@@H](O)COP(=O)(O)OC[C@@H](COC(=O)CCCCCCCCCC)OC(=O)CCCCCCCCC(C)C. The number of rotatable bonds is 65. The van der Waals surface area contributed by atoms with Crippen molar-refractivity contribution in [3.05, 3.63) is 0 Å². The molecule has 84 heavy (non-hydrogen) atoms. The summed E-state index contributed by atoms with van der Waals surface area (Å²) in [6.07, 6.45) is 43.3. The highest BCUT2D eigenvalue weighted by molar-refractivity contribution is 7.47. The Morgan fingerprint density at radius 2 is 0.548 bits per heavy atom. The van der Waals surface area contributed by atoms with Crippen LogP contribution < -0.4 is 0 Å². The second kappa shape index (κ2) is 58.7. The van der Waals surface area contributed by atoms with Gasteiger partial charge in [-0.25, -0.2) is 9.13 Å². The second-order valence-corrected chi connectivity index (χ2v) is 26.9. The number of hydrogen-bond donors (Lipinski definition) is 3. The fourth-order valence-corrected chi connectivity index (χ4v) is 11.3. The fourth-order valence-electron chi connectivity index (χ4n) is 9.76. The highest BCUT2D eigenvalue weighted by Gasteiger charge is 2.30. The predicted octanol–water partition coefficient (Wildman–Crippen LogP) is 18.2. The zero-order chi connectivity index (χ0) is 62.0. The summed E-state index contributed by atoms with van der Waals surface area (Å²) < 4.78 is 67.9. The zero-order valence-corrected chi connectivity index (χ0v) is 55.8. The van der Waals surface area contributed by atoms with Crippen molar-refractivity contribution in [1.82, 2.24) is 0 Å². The van der Waals surface area contributed by atoms with Gasteiger partial charge in [0.15, 0.2) is 12.2 Å². The number of carbonyl (C=O) groups excluding carboxylic acids is 4. The maximum Gasteiger partial charge on any atom is 0.472 e. The van der Waals surface area contributed by atoms with Gasteiger partial charge in [-0.15, -0.1) is 0 Å². The quantitative estimate of drug-likeness (QED) is 0.0222. The Morgan fingerprint density at radius 1 is 0.321 bits per heavy atom. The normalized spacial score (nSPS) is 14.2. The molecule has 0 spiro atoms. The molecule has 0 aliphatic carbocycles. The smallest absolute Gasteiger partial charge is 0.462 e. The highest BCUT2D eigenvalue weighted by atomic mass is 31.2. The van der Waals surface area contributed by atoms with Crippen molar-refractivity contribution in [1.29, 1.82) is 0 Å². The van der Waals surface area contributed by atoms with Gasteiger partial charge in [-0.3, -0.25) is 37.3 Å². The molecule has 0 aromatic rings. The van der Waals surface area contributed by atoms with E-state index in [1.165, 1.54) is 148 Å². The minimum absolute atomic E-state index is 0.102. The maximum absolute atomic E-state index is 13.0. The summed E-state index contributed by atoms with van der Waals surface area (Å²) in [5.74, 6) is -1.47.